The van der Waals surface area contributed by atoms with E-state index in [0.29, 0.717) is 22.7 Å². The maximum Gasteiger partial charge on any atom is 0.248 e. The van der Waals surface area contributed by atoms with Crippen molar-refractivity contribution in [2.75, 3.05) is 6.61 Å². The first kappa shape index (κ1) is 13.5. The van der Waals surface area contributed by atoms with Crippen LogP contribution in [0.2, 0.25) is 0 Å². The molecule has 0 N–H and O–H groups in total. The largest absolute Gasteiger partial charge is 0.476 e. The Balaban J connectivity index is 2.59. The van der Waals surface area contributed by atoms with Gasteiger partial charge in [0.15, 0.2) is 0 Å². The summed E-state index contributed by atoms with van der Waals surface area (Å²) >= 11 is 3.44. The molecule has 2 aromatic heterocycles. The lowest BCUT2D eigenvalue weighted by molar-refractivity contribution is 0.323. The summed E-state index contributed by atoms with van der Waals surface area (Å²) < 4.78 is 7.51. The second-order valence-corrected chi connectivity index (χ2v) is 4.57. The van der Waals surface area contributed by atoms with Gasteiger partial charge in [0.1, 0.15) is 16.6 Å². The lowest BCUT2D eigenvalue weighted by Crippen LogP contribution is -1.95. The van der Waals surface area contributed by atoms with Crippen LogP contribution in [0.15, 0.2) is 22.8 Å². The lowest BCUT2D eigenvalue weighted by Gasteiger charge is -2.02. The molecule has 0 bridgehead atoms. The predicted octanol–water partition coefficient (Wildman–Crippen LogP) is 2.72. The first-order valence-electron chi connectivity index (χ1n) is 5.72. The molecule has 0 unspecified atom stereocenters. The minimum Gasteiger partial charge on any atom is -0.476 e. The van der Waals surface area contributed by atoms with Gasteiger partial charge in [-0.15, -0.1) is 5.10 Å². The Morgan fingerprint density at radius 2 is 2.32 bits per heavy atom. The maximum atomic E-state index is 10.6. The summed E-state index contributed by atoms with van der Waals surface area (Å²) in [5, 5.41) is 4.19. The normalized spacial score (nSPS) is 10.1. The average Bonchev–Trinajstić information content (AvgIpc) is 2.69. The molecule has 0 spiro atoms. The number of carbonyl (C=O) groups excluding carboxylic acids is 1. The first-order chi connectivity index (χ1) is 9.17. The van der Waals surface area contributed by atoms with Crippen molar-refractivity contribution >= 4 is 28.1 Å². The fourth-order valence-corrected chi connectivity index (χ4v) is 2.24. The molecule has 2 heterocycles. The molecule has 6 heteroatoms. The van der Waals surface area contributed by atoms with E-state index in [-0.39, 0.29) is 0 Å². The van der Waals surface area contributed by atoms with Gasteiger partial charge in [-0.25, -0.2) is 9.48 Å². The maximum absolute atomic E-state index is 10.6. The minimum atomic E-state index is 0.435. The van der Waals surface area contributed by atoms with Crippen LogP contribution in [0, 0.1) is 6.92 Å². The molecule has 5 nitrogen and oxygen atoms in total. The summed E-state index contributed by atoms with van der Waals surface area (Å²) in [6.45, 7) is 4.27. The van der Waals surface area contributed by atoms with Crippen molar-refractivity contribution < 1.29 is 9.53 Å². The lowest BCUT2D eigenvalue weighted by atomic mass is 10.2. The van der Waals surface area contributed by atoms with Crippen LogP contribution in [-0.2, 0) is 4.79 Å². The fourth-order valence-electron chi connectivity index (χ4n) is 1.63. The average molecular weight is 322 g/mol. The molecule has 0 aliphatic carbocycles. The van der Waals surface area contributed by atoms with Crippen LogP contribution in [0.1, 0.15) is 12.6 Å². The Morgan fingerprint density at radius 1 is 1.53 bits per heavy atom. The molecule has 98 valence electrons. The molecule has 0 radical (unpaired) electrons. The summed E-state index contributed by atoms with van der Waals surface area (Å²) in [5.41, 5.74) is 2.46. The zero-order valence-corrected chi connectivity index (χ0v) is 12.1. The topological polar surface area (TPSA) is 57.0 Å². The van der Waals surface area contributed by atoms with Crippen LogP contribution in [0.5, 0.6) is 5.88 Å². The van der Waals surface area contributed by atoms with Gasteiger partial charge in [-0.2, -0.15) is 0 Å². The van der Waals surface area contributed by atoms with Crippen molar-refractivity contribution in [1.82, 2.24) is 14.8 Å². The van der Waals surface area contributed by atoms with E-state index in [1.165, 1.54) is 10.9 Å². The van der Waals surface area contributed by atoms with E-state index in [9.17, 15) is 4.79 Å². The molecule has 0 amide bonds. The third-order valence-corrected chi connectivity index (χ3v) is 3.18. The van der Waals surface area contributed by atoms with Gasteiger partial charge in [-0.3, -0.25) is 4.98 Å². The van der Waals surface area contributed by atoms with E-state index < -0.39 is 0 Å². The Labute approximate surface area is 119 Å². The first-order valence-corrected chi connectivity index (χ1v) is 6.51. The molecule has 2 aromatic rings. The van der Waals surface area contributed by atoms with E-state index in [0.717, 1.165) is 11.3 Å². The Bertz CT molecular complexity index is 628. The fraction of sp³-hybridized carbons (Fsp3) is 0.231. The van der Waals surface area contributed by atoms with Gasteiger partial charge in [0, 0.05) is 17.5 Å². The highest BCUT2D eigenvalue weighted by atomic mass is 79.9. The third kappa shape index (κ3) is 2.75. The van der Waals surface area contributed by atoms with Crippen molar-refractivity contribution in [2.45, 2.75) is 13.8 Å². The summed E-state index contributed by atoms with van der Waals surface area (Å²) in [5.74, 6) is 2.15. The number of aryl methyl sites for hydroxylation is 1. The van der Waals surface area contributed by atoms with E-state index in [2.05, 4.69) is 26.0 Å². The number of halogens is 1. The van der Waals surface area contributed by atoms with Crippen LogP contribution in [0.25, 0.3) is 17.5 Å². The van der Waals surface area contributed by atoms with E-state index in [1.54, 1.807) is 12.1 Å². The van der Waals surface area contributed by atoms with Crippen molar-refractivity contribution in [2.24, 2.45) is 0 Å². The standard InChI is InChI=1S/C13H12BrN3O2/c1-3-19-13-11(14)12(17(16-13)6-7-18)10-5-4-9(2)15-8-10/h4-6,8H,3H2,1-2H3. The number of nitrogens with zero attached hydrogens (tertiary/aromatic N) is 3. The molecule has 2 rings (SSSR count). The Morgan fingerprint density at radius 3 is 2.89 bits per heavy atom. The minimum absolute atomic E-state index is 0.435. The van der Waals surface area contributed by atoms with Crippen LogP contribution in [0.3, 0.4) is 0 Å². The van der Waals surface area contributed by atoms with Gasteiger partial charge in [0.25, 0.3) is 0 Å². The summed E-state index contributed by atoms with van der Waals surface area (Å²) in [7, 11) is 0. The predicted molar refractivity (Wildman–Crippen MR) is 75.5 cm³/mol. The van der Waals surface area contributed by atoms with E-state index in [4.69, 9.17) is 4.74 Å². The Kier molecular flexibility index (Phi) is 4.14. The highest BCUT2D eigenvalue weighted by molar-refractivity contribution is 9.10. The van der Waals surface area contributed by atoms with Crippen molar-refractivity contribution in [1.29, 1.82) is 0 Å². The molecule has 0 aliphatic heterocycles. The van der Waals surface area contributed by atoms with E-state index in [1.807, 2.05) is 26.0 Å². The number of rotatable bonds is 4. The van der Waals surface area contributed by atoms with Crippen molar-refractivity contribution in [3.8, 4) is 17.1 Å². The number of pyridine rings is 1. The smallest absolute Gasteiger partial charge is 0.248 e. The van der Waals surface area contributed by atoms with Gasteiger partial charge < -0.3 is 4.74 Å². The highest BCUT2D eigenvalue weighted by Crippen LogP contribution is 2.35. The molecule has 19 heavy (non-hydrogen) atoms. The second kappa shape index (κ2) is 5.82. The van der Waals surface area contributed by atoms with Crippen LogP contribution in [-0.4, -0.2) is 27.3 Å². The third-order valence-electron chi connectivity index (χ3n) is 2.46. The Hall–Kier alpha value is -1.91. The molecule has 0 aliphatic rings. The van der Waals surface area contributed by atoms with Crippen LogP contribution < -0.4 is 4.74 Å². The van der Waals surface area contributed by atoms with Crippen LogP contribution in [0.4, 0.5) is 0 Å². The molecular weight excluding hydrogens is 310 g/mol. The number of aromatic nitrogens is 3. The van der Waals surface area contributed by atoms with Gasteiger partial charge in [-0.1, -0.05) is 0 Å². The SMILES string of the molecule is CCOc1nn(C=C=O)c(-c2ccc(C)nc2)c1Br. The summed E-state index contributed by atoms with van der Waals surface area (Å²) in [6, 6.07) is 3.80. The van der Waals surface area contributed by atoms with Gasteiger partial charge >= 0.3 is 0 Å². The summed E-state index contributed by atoms with van der Waals surface area (Å²) in [6.07, 6.45) is 2.93. The zero-order valence-electron chi connectivity index (χ0n) is 10.6. The second-order valence-electron chi connectivity index (χ2n) is 3.78. The number of ether oxygens (including phenoxy) is 1. The zero-order chi connectivity index (χ0) is 13.8. The monoisotopic (exact) mass is 321 g/mol. The van der Waals surface area contributed by atoms with Crippen molar-refractivity contribution in [3.05, 3.63) is 28.5 Å². The molecule has 0 atom stereocenters. The van der Waals surface area contributed by atoms with Gasteiger partial charge in [0.05, 0.1) is 12.3 Å². The quantitative estimate of drug-likeness (QED) is 0.812. The van der Waals surface area contributed by atoms with E-state index >= 15 is 0 Å². The molecule has 0 saturated heterocycles. The van der Waals surface area contributed by atoms with Crippen LogP contribution >= 0.6 is 15.9 Å². The molecule has 0 saturated carbocycles. The number of hydrogen-bond acceptors (Lipinski definition) is 4. The van der Waals surface area contributed by atoms with Gasteiger partial charge in [-0.05, 0) is 41.9 Å². The number of hydrogen-bond donors (Lipinski definition) is 0. The van der Waals surface area contributed by atoms with Crippen molar-refractivity contribution in [3.63, 3.8) is 0 Å². The van der Waals surface area contributed by atoms with Gasteiger partial charge in [0.2, 0.25) is 5.88 Å². The molecule has 0 fully saturated rings. The highest BCUT2D eigenvalue weighted by Gasteiger charge is 2.17. The summed E-state index contributed by atoms with van der Waals surface area (Å²) in [4.78, 5) is 14.8. The molecule has 0 aromatic carbocycles. The molecular formula is C13H12BrN3O2.